The molecule has 0 saturated carbocycles. The molecule has 4 aromatic carbocycles. The van der Waals surface area contributed by atoms with Crippen LogP contribution in [0.15, 0.2) is 63.5 Å². The first-order valence-electron chi connectivity index (χ1n) is 13.6. The number of carbonyl (C=O) groups excluding carboxylic acids is 1. The summed E-state index contributed by atoms with van der Waals surface area (Å²) in [6.45, 7) is 14.8. The van der Waals surface area contributed by atoms with Crippen molar-refractivity contribution in [3.05, 3.63) is 93.0 Å². The topological polar surface area (TPSA) is 100 Å². The molecule has 0 bridgehead atoms. The van der Waals surface area contributed by atoms with Gasteiger partial charge in [-0.2, -0.15) is 0 Å². The summed E-state index contributed by atoms with van der Waals surface area (Å²) < 4.78 is 45.5. The van der Waals surface area contributed by atoms with Gasteiger partial charge in [-0.25, -0.2) is 13.2 Å². The van der Waals surface area contributed by atoms with Crippen molar-refractivity contribution < 1.29 is 32.3 Å². The molecule has 0 N–H and O–H groups in total. The molecule has 4 aromatic rings. The summed E-state index contributed by atoms with van der Waals surface area (Å²) >= 11 is 0. The summed E-state index contributed by atoms with van der Waals surface area (Å²) in [6.07, 6.45) is 1.36. The van der Waals surface area contributed by atoms with Crippen LogP contribution in [0.3, 0.4) is 0 Å². The maximum Gasteiger partial charge on any atom is 0.277 e. The maximum atomic E-state index is 13.8. The molecule has 0 aliphatic heterocycles. The molecule has 0 unspecified atom stereocenters. The molecule has 9 heteroatoms. The van der Waals surface area contributed by atoms with Crippen LogP contribution in [0.25, 0.3) is 0 Å². The minimum absolute atomic E-state index is 0.173. The molecule has 0 aromatic heterocycles. The molecule has 0 saturated heterocycles. The third-order valence-electron chi connectivity index (χ3n) is 7.17. The Kier molecular flexibility index (Phi) is 8.99. The lowest BCUT2D eigenvalue weighted by molar-refractivity contribution is 0.331. The fourth-order valence-corrected chi connectivity index (χ4v) is 6.89. The molecule has 0 spiro atoms. The highest BCUT2D eigenvalue weighted by atomic mass is 32.2. The number of isocyanates is 1. The van der Waals surface area contributed by atoms with Crippen LogP contribution in [0.2, 0.25) is 0 Å². The highest BCUT2D eigenvalue weighted by Crippen LogP contribution is 2.38. The molecule has 0 amide bonds. The predicted octanol–water partition coefficient (Wildman–Crippen LogP) is 8.21. The molecule has 0 aliphatic rings. The van der Waals surface area contributed by atoms with Crippen LogP contribution in [-0.4, -0.2) is 21.6 Å². The van der Waals surface area contributed by atoms with Gasteiger partial charge in [0.2, 0.25) is 9.84 Å². The SMILES string of the molecule is COc1c(C)cc(Oc2c(C)cc(S(=O)(=O)c3cc(C)c(Oc4cc(C)c(ON=C=O)c(C)c4)c(C)c3)cc2C)cc1C. The molecule has 0 fully saturated rings. The minimum Gasteiger partial charge on any atom is -0.496 e. The lowest BCUT2D eigenvalue weighted by Gasteiger charge is -2.18. The first-order valence-corrected chi connectivity index (χ1v) is 15.1. The van der Waals surface area contributed by atoms with Crippen LogP contribution in [0.5, 0.6) is 34.5 Å². The quantitative estimate of drug-likeness (QED) is 0.108. The van der Waals surface area contributed by atoms with Crippen molar-refractivity contribution in [3.8, 4) is 34.5 Å². The minimum atomic E-state index is -3.84. The second kappa shape index (κ2) is 12.3. The molecule has 4 rings (SSSR count). The van der Waals surface area contributed by atoms with E-state index in [1.54, 1.807) is 43.5 Å². The van der Waals surface area contributed by atoms with E-state index in [1.165, 1.54) is 6.08 Å². The Bertz CT molecular complexity index is 1800. The Hall–Kier alpha value is -4.59. The number of hydrogen-bond acceptors (Lipinski definition) is 8. The van der Waals surface area contributed by atoms with Crippen LogP contribution in [0.4, 0.5) is 0 Å². The molecule has 0 heterocycles. The van der Waals surface area contributed by atoms with E-state index >= 15 is 0 Å². The number of ether oxygens (including phenoxy) is 3. The monoisotopic (exact) mass is 601 g/mol. The van der Waals surface area contributed by atoms with E-state index in [0.717, 1.165) is 28.0 Å². The van der Waals surface area contributed by atoms with E-state index in [0.29, 0.717) is 51.0 Å². The lowest BCUT2D eigenvalue weighted by atomic mass is 10.1. The van der Waals surface area contributed by atoms with E-state index < -0.39 is 9.84 Å². The van der Waals surface area contributed by atoms with Crippen molar-refractivity contribution in [3.63, 3.8) is 0 Å². The fourth-order valence-electron chi connectivity index (χ4n) is 5.29. The number of rotatable bonds is 9. The first kappa shape index (κ1) is 31.3. The average molecular weight is 602 g/mol. The molecule has 0 aliphatic carbocycles. The molecule has 8 nitrogen and oxygen atoms in total. The van der Waals surface area contributed by atoms with Gasteiger partial charge in [0.15, 0.2) is 5.75 Å². The summed E-state index contributed by atoms with van der Waals surface area (Å²) in [5.41, 5.74) is 6.08. The second-order valence-electron chi connectivity index (χ2n) is 10.7. The van der Waals surface area contributed by atoms with Crippen molar-refractivity contribution in [1.29, 1.82) is 0 Å². The number of hydrogen-bond donors (Lipinski definition) is 0. The number of sulfone groups is 1. The smallest absolute Gasteiger partial charge is 0.277 e. The molecule has 0 radical (unpaired) electrons. The van der Waals surface area contributed by atoms with Crippen molar-refractivity contribution >= 4 is 15.9 Å². The molecule has 43 heavy (non-hydrogen) atoms. The average Bonchev–Trinajstić information content (AvgIpc) is 2.92. The third-order valence-corrected chi connectivity index (χ3v) is 8.89. The van der Waals surface area contributed by atoms with E-state index in [9.17, 15) is 13.2 Å². The Morgan fingerprint density at radius 1 is 0.535 bits per heavy atom. The number of benzene rings is 4. The van der Waals surface area contributed by atoms with Crippen LogP contribution >= 0.6 is 0 Å². The van der Waals surface area contributed by atoms with Crippen molar-refractivity contribution in [2.24, 2.45) is 5.16 Å². The van der Waals surface area contributed by atoms with Gasteiger partial charge in [-0.05, 0) is 148 Å². The number of nitrogens with zero attached hydrogens (tertiary/aromatic N) is 1. The van der Waals surface area contributed by atoms with Gasteiger partial charge in [-0.3, -0.25) is 0 Å². The van der Waals surface area contributed by atoms with Crippen LogP contribution < -0.4 is 19.0 Å². The molecular formula is C34H35NO7S. The summed E-state index contributed by atoms with van der Waals surface area (Å²) in [4.78, 5) is 15.9. The van der Waals surface area contributed by atoms with Gasteiger partial charge in [-0.1, -0.05) is 0 Å². The van der Waals surface area contributed by atoms with Crippen LogP contribution in [-0.2, 0) is 14.6 Å². The van der Waals surface area contributed by atoms with Crippen molar-refractivity contribution in [2.75, 3.05) is 7.11 Å². The zero-order chi connectivity index (χ0) is 31.6. The summed E-state index contributed by atoms with van der Waals surface area (Å²) in [6, 6.07) is 13.8. The Morgan fingerprint density at radius 3 is 1.19 bits per heavy atom. The van der Waals surface area contributed by atoms with E-state index in [2.05, 4.69) is 5.16 Å². The summed E-state index contributed by atoms with van der Waals surface area (Å²) in [5.74, 6) is 3.62. The Balaban J connectivity index is 1.64. The number of methoxy groups -OCH3 is 1. The van der Waals surface area contributed by atoms with E-state index in [1.807, 2.05) is 67.5 Å². The summed E-state index contributed by atoms with van der Waals surface area (Å²) in [7, 11) is -2.21. The first-order chi connectivity index (χ1) is 20.3. The van der Waals surface area contributed by atoms with E-state index in [-0.39, 0.29) is 9.79 Å². The predicted molar refractivity (Wildman–Crippen MR) is 165 cm³/mol. The van der Waals surface area contributed by atoms with Gasteiger partial charge in [0.25, 0.3) is 6.08 Å². The molecule has 224 valence electrons. The Labute approximate surface area is 252 Å². The normalized spacial score (nSPS) is 11.1. The van der Waals surface area contributed by atoms with Gasteiger partial charge in [-0.15, -0.1) is 0 Å². The van der Waals surface area contributed by atoms with Gasteiger partial charge >= 0.3 is 0 Å². The zero-order valence-corrected chi connectivity index (χ0v) is 26.6. The number of aryl methyl sites for hydroxylation is 8. The van der Waals surface area contributed by atoms with Crippen LogP contribution in [0, 0.1) is 55.4 Å². The lowest BCUT2D eigenvalue weighted by Crippen LogP contribution is -2.06. The summed E-state index contributed by atoms with van der Waals surface area (Å²) in [5, 5.41) is 3.20. The van der Waals surface area contributed by atoms with Gasteiger partial charge in [0.1, 0.15) is 28.7 Å². The molecule has 0 atom stereocenters. The third kappa shape index (κ3) is 6.43. The Morgan fingerprint density at radius 2 is 0.860 bits per heavy atom. The van der Waals surface area contributed by atoms with Crippen molar-refractivity contribution in [2.45, 2.75) is 65.2 Å². The van der Waals surface area contributed by atoms with Gasteiger partial charge in [0.05, 0.1) is 16.9 Å². The zero-order valence-electron chi connectivity index (χ0n) is 25.8. The van der Waals surface area contributed by atoms with Gasteiger partial charge in [0, 0.05) is 5.16 Å². The fraction of sp³-hybridized carbons (Fsp3) is 0.265. The van der Waals surface area contributed by atoms with E-state index in [4.69, 9.17) is 19.0 Å². The highest BCUT2D eigenvalue weighted by molar-refractivity contribution is 7.91. The maximum absolute atomic E-state index is 13.8. The standard InChI is InChI=1S/C34H35NO7S/c1-19-10-27(11-20(2)31(19)39-9)40-32-23(5)14-29(15-24(32)6)43(37,38)30-16-25(7)33(26(8)17-30)41-28-12-21(3)34(22(4)13-28)42-35-18-36/h10-17H,1-9H3. The largest absolute Gasteiger partial charge is 0.496 e. The highest BCUT2D eigenvalue weighted by Gasteiger charge is 2.23. The molecular weight excluding hydrogens is 566 g/mol. The van der Waals surface area contributed by atoms with Crippen molar-refractivity contribution in [1.82, 2.24) is 0 Å². The second-order valence-corrected chi connectivity index (χ2v) is 12.7. The van der Waals surface area contributed by atoms with Crippen LogP contribution in [0.1, 0.15) is 44.5 Å². The van der Waals surface area contributed by atoms with Gasteiger partial charge < -0.3 is 19.0 Å².